The number of esters is 1. The molecular weight excluding hydrogens is 343 g/mol. The van der Waals surface area contributed by atoms with Gasteiger partial charge >= 0.3 is 5.97 Å². The maximum absolute atomic E-state index is 11.3. The fourth-order valence-corrected chi connectivity index (χ4v) is 2.72. The summed E-state index contributed by atoms with van der Waals surface area (Å²) in [6.07, 6.45) is 1.00. The lowest BCUT2D eigenvalue weighted by atomic mass is 9.69. The molecule has 1 aliphatic carbocycles. The normalized spacial score (nSPS) is 25.7. The highest BCUT2D eigenvalue weighted by Gasteiger charge is 2.48. The summed E-state index contributed by atoms with van der Waals surface area (Å²) >= 11 is 2.22. The Labute approximate surface area is 119 Å². The lowest BCUT2D eigenvalue weighted by Gasteiger charge is -2.42. The molecule has 1 N–H and O–H groups in total. The fourth-order valence-electron chi connectivity index (χ4n) is 2.18. The van der Waals surface area contributed by atoms with Crippen LogP contribution in [0, 0.1) is 20.8 Å². The van der Waals surface area contributed by atoms with Gasteiger partial charge in [0.05, 0.1) is 19.1 Å². The van der Waals surface area contributed by atoms with Crippen molar-refractivity contribution in [3.05, 3.63) is 27.8 Å². The van der Waals surface area contributed by atoms with Crippen molar-refractivity contribution in [2.75, 3.05) is 12.4 Å². The summed E-state index contributed by atoms with van der Waals surface area (Å²) in [7, 11) is 1.38. The second-order valence-corrected chi connectivity index (χ2v) is 5.70. The van der Waals surface area contributed by atoms with Crippen LogP contribution in [0.2, 0.25) is 0 Å². The third-order valence-electron chi connectivity index (χ3n) is 3.15. The van der Waals surface area contributed by atoms with E-state index >= 15 is 0 Å². The SMILES string of the molecule is COC(=O)C1CC(C#N)(Nc2cccc(I)c2)C1. The number of benzene rings is 1. The number of halogens is 1. The number of anilines is 1. The number of nitrogens with zero attached hydrogens (tertiary/aromatic N) is 1. The van der Waals surface area contributed by atoms with Crippen molar-refractivity contribution in [1.29, 1.82) is 5.26 Å². The zero-order valence-corrected chi connectivity index (χ0v) is 12.1. The molecule has 18 heavy (non-hydrogen) atoms. The molecule has 0 spiro atoms. The van der Waals surface area contributed by atoms with Gasteiger partial charge in [-0.05, 0) is 53.6 Å². The van der Waals surface area contributed by atoms with Crippen LogP contribution in [0.4, 0.5) is 5.69 Å². The van der Waals surface area contributed by atoms with Crippen LogP contribution in [0.1, 0.15) is 12.8 Å². The second kappa shape index (κ2) is 5.14. The number of methoxy groups -OCH3 is 1. The van der Waals surface area contributed by atoms with E-state index in [0.29, 0.717) is 12.8 Å². The van der Waals surface area contributed by atoms with Crippen molar-refractivity contribution in [1.82, 2.24) is 0 Å². The van der Waals surface area contributed by atoms with Crippen LogP contribution in [-0.2, 0) is 9.53 Å². The van der Waals surface area contributed by atoms with Crippen LogP contribution in [0.25, 0.3) is 0 Å². The molecule has 0 amide bonds. The molecule has 1 aromatic rings. The van der Waals surface area contributed by atoms with Gasteiger partial charge in [-0.3, -0.25) is 4.79 Å². The van der Waals surface area contributed by atoms with Crippen molar-refractivity contribution in [2.24, 2.45) is 5.92 Å². The van der Waals surface area contributed by atoms with Gasteiger partial charge < -0.3 is 10.1 Å². The van der Waals surface area contributed by atoms with Gasteiger partial charge in [-0.2, -0.15) is 5.26 Å². The van der Waals surface area contributed by atoms with Gasteiger partial charge in [-0.25, -0.2) is 0 Å². The summed E-state index contributed by atoms with van der Waals surface area (Å²) in [6.45, 7) is 0. The smallest absolute Gasteiger partial charge is 0.308 e. The number of carbonyl (C=O) groups is 1. The number of carbonyl (C=O) groups excluding carboxylic acids is 1. The number of nitrogens with one attached hydrogen (secondary N) is 1. The molecule has 2 rings (SSSR count). The van der Waals surface area contributed by atoms with E-state index in [4.69, 9.17) is 0 Å². The first-order valence-corrected chi connectivity index (χ1v) is 6.69. The molecule has 0 aromatic heterocycles. The zero-order valence-electron chi connectivity index (χ0n) is 9.94. The van der Waals surface area contributed by atoms with Crippen LogP contribution in [0.15, 0.2) is 24.3 Å². The lowest BCUT2D eigenvalue weighted by Crippen LogP contribution is -2.51. The first kappa shape index (κ1) is 13.1. The summed E-state index contributed by atoms with van der Waals surface area (Å²) in [5.74, 6) is -0.393. The molecule has 0 heterocycles. The van der Waals surface area contributed by atoms with Crippen LogP contribution >= 0.6 is 22.6 Å². The molecular formula is C13H13IN2O2. The minimum Gasteiger partial charge on any atom is -0.469 e. The maximum Gasteiger partial charge on any atom is 0.308 e. The molecule has 1 aromatic carbocycles. The first-order chi connectivity index (χ1) is 8.58. The van der Waals surface area contributed by atoms with E-state index < -0.39 is 5.54 Å². The average Bonchev–Trinajstić information content (AvgIpc) is 2.32. The van der Waals surface area contributed by atoms with E-state index in [0.717, 1.165) is 9.26 Å². The quantitative estimate of drug-likeness (QED) is 0.668. The van der Waals surface area contributed by atoms with Crippen LogP contribution in [0.3, 0.4) is 0 Å². The number of ether oxygens (including phenoxy) is 1. The second-order valence-electron chi connectivity index (χ2n) is 4.46. The van der Waals surface area contributed by atoms with E-state index in [2.05, 4.69) is 38.7 Å². The Morgan fingerprint density at radius 2 is 2.33 bits per heavy atom. The average molecular weight is 356 g/mol. The van der Waals surface area contributed by atoms with Crippen LogP contribution < -0.4 is 5.32 Å². The molecule has 1 saturated carbocycles. The van der Waals surface area contributed by atoms with E-state index in [1.807, 2.05) is 24.3 Å². The predicted molar refractivity (Wildman–Crippen MR) is 75.9 cm³/mol. The third kappa shape index (κ3) is 2.58. The minimum atomic E-state index is -0.636. The van der Waals surface area contributed by atoms with Gasteiger partial charge in [-0.15, -0.1) is 0 Å². The fraction of sp³-hybridized carbons (Fsp3) is 0.385. The van der Waals surface area contributed by atoms with Crippen molar-refractivity contribution in [3.8, 4) is 6.07 Å². The summed E-state index contributed by atoms with van der Waals surface area (Å²) in [4.78, 5) is 11.3. The van der Waals surface area contributed by atoms with Gasteiger partial charge in [0.1, 0.15) is 5.54 Å². The number of hydrogen-bond acceptors (Lipinski definition) is 4. The third-order valence-corrected chi connectivity index (χ3v) is 3.82. The highest BCUT2D eigenvalue weighted by atomic mass is 127. The predicted octanol–water partition coefficient (Wildman–Crippen LogP) is 2.55. The summed E-state index contributed by atoms with van der Waals surface area (Å²) in [5, 5.41) is 12.5. The Bertz CT molecular complexity index is 504. The molecule has 4 nitrogen and oxygen atoms in total. The van der Waals surface area contributed by atoms with Crippen molar-refractivity contribution < 1.29 is 9.53 Å². The number of hydrogen-bond donors (Lipinski definition) is 1. The molecule has 5 heteroatoms. The standard InChI is InChI=1S/C13H13IN2O2/c1-18-12(17)9-6-13(7-9,8-15)16-11-4-2-3-10(14)5-11/h2-5,9,16H,6-7H2,1H3. The van der Waals surface area contributed by atoms with Crippen molar-refractivity contribution in [3.63, 3.8) is 0 Å². The minimum absolute atomic E-state index is 0.162. The first-order valence-electron chi connectivity index (χ1n) is 5.61. The van der Waals surface area contributed by atoms with E-state index in [1.165, 1.54) is 7.11 Å². The van der Waals surface area contributed by atoms with Crippen LogP contribution in [0.5, 0.6) is 0 Å². The van der Waals surface area contributed by atoms with Crippen molar-refractivity contribution >= 4 is 34.2 Å². The van der Waals surface area contributed by atoms with E-state index in [1.54, 1.807) is 0 Å². The molecule has 94 valence electrons. The molecule has 0 unspecified atom stereocenters. The van der Waals surface area contributed by atoms with Crippen molar-refractivity contribution in [2.45, 2.75) is 18.4 Å². The molecule has 1 fully saturated rings. The Hall–Kier alpha value is -1.29. The molecule has 0 aliphatic heterocycles. The van der Waals surface area contributed by atoms with Gasteiger partial charge in [0.25, 0.3) is 0 Å². The Balaban J connectivity index is 2.05. The Morgan fingerprint density at radius 1 is 1.61 bits per heavy atom. The van der Waals surface area contributed by atoms with Gasteiger partial charge in [-0.1, -0.05) is 6.07 Å². The Morgan fingerprint density at radius 3 is 2.89 bits per heavy atom. The number of rotatable bonds is 3. The molecule has 0 radical (unpaired) electrons. The Kier molecular flexibility index (Phi) is 3.76. The summed E-state index contributed by atoms with van der Waals surface area (Å²) in [5.41, 5.74) is 0.273. The molecule has 0 atom stereocenters. The van der Waals surface area contributed by atoms with Gasteiger partial charge in [0, 0.05) is 9.26 Å². The monoisotopic (exact) mass is 356 g/mol. The maximum atomic E-state index is 11.3. The summed E-state index contributed by atoms with van der Waals surface area (Å²) < 4.78 is 5.79. The highest BCUT2D eigenvalue weighted by Crippen LogP contribution is 2.40. The lowest BCUT2D eigenvalue weighted by molar-refractivity contribution is -0.149. The largest absolute Gasteiger partial charge is 0.469 e. The highest BCUT2D eigenvalue weighted by molar-refractivity contribution is 14.1. The van der Waals surface area contributed by atoms with E-state index in [-0.39, 0.29) is 11.9 Å². The van der Waals surface area contributed by atoms with Gasteiger partial charge in [0.2, 0.25) is 0 Å². The molecule has 0 bridgehead atoms. The topological polar surface area (TPSA) is 62.1 Å². The van der Waals surface area contributed by atoms with Gasteiger partial charge in [0.15, 0.2) is 0 Å². The zero-order chi connectivity index (χ0) is 13.2. The van der Waals surface area contributed by atoms with E-state index in [9.17, 15) is 10.1 Å². The number of nitriles is 1. The summed E-state index contributed by atoms with van der Waals surface area (Å²) in [6, 6.07) is 10.1. The van der Waals surface area contributed by atoms with Crippen LogP contribution in [-0.4, -0.2) is 18.6 Å². The molecule has 1 aliphatic rings. The molecule has 0 saturated heterocycles.